The second kappa shape index (κ2) is 5.47. The number of carbonyl (C=O) groups is 2. The number of pyridine rings is 1. The van der Waals surface area contributed by atoms with E-state index >= 15 is 0 Å². The van der Waals surface area contributed by atoms with Crippen molar-refractivity contribution in [3.8, 4) is 5.88 Å². The largest absolute Gasteiger partial charge is 0.475 e. The number of nitrogens with one attached hydrogen (secondary N) is 2. The van der Waals surface area contributed by atoms with Crippen molar-refractivity contribution in [3.63, 3.8) is 0 Å². The molecule has 1 aliphatic heterocycles. The maximum Gasteiger partial charge on any atom is 0.316 e. The highest BCUT2D eigenvalue weighted by molar-refractivity contribution is 6.45. The van der Waals surface area contributed by atoms with Gasteiger partial charge >= 0.3 is 11.8 Å². The molecule has 0 saturated carbocycles. The lowest BCUT2D eigenvalue weighted by molar-refractivity contribution is -0.135. The van der Waals surface area contributed by atoms with Gasteiger partial charge in [-0.05, 0) is 19.9 Å². The lowest BCUT2D eigenvalue weighted by Gasteiger charge is -2.11. The van der Waals surface area contributed by atoms with E-state index < -0.39 is 11.8 Å². The SMILES string of the molecule is CC(C)Oc1ncccc1CN=C1NC(=O)C(=O)N1. The Bertz CT molecular complexity index is 522. The van der Waals surface area contributed by atoms with Crippen LogP contribution in [0.25, 0.3) is 0 Å². The third-order valence-corrected chi connectivity index (χ3v) is 2.27. The first kappa shape index (κ1) is 13.0. The van der Waals surface area contributed by atoms with Crippen molar-refractivity contribution in [2.75, 3.05) is 0 Å². The smallest absolute Gasteiger partial charge is 0.316 e. The number of aromatic nitrogens is 1. The highest BCUT2D eigenvalue weighted by Crippen LogP contribution is 2.16. The Morgan fingerprint density at radius 3 is 2.63 bits per heavy atom. The maximum atomic E-state index is 11.0. The van der Waals surface area contributed by atoms with Gasteiger partial charge in [-0.15, -0.1) is 0 Å². The number of ether oxygens (including phenoxy) is 1. The minimum absolute atomic E-state index is 0.00666. The lowest BCUT2D eigenvalue weighted by Crippen LogP contribution is -2.25. The fraction of sp³-hybridized carbons (Fsp3) is 0.333. The second-order valence-electron chi connectivity index (χ2n) is 4.21. The topological polar surface area (TPSA) is 92.7 Å². The summed E-state index contributed by atoms with van der Waals surface area (Å²) in [6, 6.07) is 3.60. The Balaban J connectivity index is 2.09. The van der Waals surface area contributed by atoms with Gasteiger partial charge in [0.2, 0.25) is 11.8 Å². The quantitative estimate of drug-likeness (QED) is 0.745. The monoisotopic (exact) mass is 262 g/mol. The second-order valence-corrected chi connectivity index (χ2v) is 4.21. The zero-order valence-corrected chi connectivity index (χ0v) is 10.6. The van der Waals surface area contributed by atoms with Crippen molar-refractivity contribution in [2.24, 2.45) is 4.99 Å². The third-order valence-electron chi connectivity index (χ3n) is 2.27. The van der Waals surface area contributed by atoms with Crippen molar-refractivity contribution < 1.29 is 14.3 Å². The molecule has 2 amide bonds. The van der Waals surface area contributed by atoms with Crippen LogP contribution in [0.15, 0.2) is 23.3 Å². The van der Waals surface area contributed by atoms with Gasteiger partial charge in [0.15, 0.2) is 0 Å². The maximum absolute atomic E-state index is 11.0. The molecule has 7 nitrogen and oxygen atoms in total. The molecule has 0 atom stereocenters. The van der Waals surface area contributed by atoms with E-state index in [0.717, 1.165) is 5.56 Å². The van der Waals surface area contributed by atoms with Gasteiger partial charge in [0.05, 0.1) is 12.6 Å². The van der Waals surface area contributed by atoms with Crippen LogP contribution in [-0.2, 0) is 16.1 Å². The van der Waals surface area contributed by atoms with Crippen LogP contribution in [0.1, 0.15) is 19.4 Å². The number of guanidine groups is 1. The molecular formula is C12H14N4O3. The molecule has 100 valence electrons. The number of rotatable bonds is 4. The van der Waals surface area contributed by atoms with Gasteiger partial charge in [0.1, 0.15) is 0 Å². The summed E-state index contributed by atoms with van der Waals surface area (Å²) in [5.41, 5.74) is 0.777. The predicted molar refractivity (Wildman–Crippen MR) is 67.4 cm³/mol. The molecule has 1 aromatic heterocycles. The summed E-state index contributed by atoms with van der Waals surface area (Å²) in [6.45, 7) is 4.06. The Morgan fingerprint density at radius 2 is 2.00 bits per heavy atom. The van der Waals surface area contributed by atoms with Crippen LogP contribution in [0.5, 0.6) is 5.88 Å². The first-order valence-electron chi connectivity index (χ1n) is 5.83. The van der Waals surface area contributed by atoms with Crippen molar-refractivity contribution in [2.45, 2.75) is 26.5 Å². The first-order chi connectivity index (χ1) is 9.06. The summed E-state index contributed by atoms with van der Waals surface area (Å²) in [7, 11) is 0. The molecule has 0 spiro atoms. The van der Waals surface area contributed by atoms with Crippen molar-refractivity contribution in [1.29, 1.82) is 0 Å². The Labute approximate surface area is 110 Å². The van der Waals surface area contributed by atoms with Crippen LogP contribution in [0.3, 0.4) is 0 Å². The van der Waals surface area contributed by atoms with Gasteiger partial charge in [0, 0.05) is 11.8 Å². The molecule has 19 heavy (non-hydrogen) atoms. The molecule has 1 saturated heterocycles. The van der Waals surface area contributed by atoms with E-state index in [1.54, 1.807) is 12.3 Å². The van der Waals surface area contributed by atoms with Crippen LogP contribution in [0.2, 0.25) is 0 Å². The van der Waals surface area contributed by atoms with Crippen LogP contribution in [0, 0.1) is 0 Å². The summed E-state index contributed by atoms with van der Waals surface area (Å²) in [4.78, 5) is 30.2. The fourth-order valence-electron chi connectivity index (χ4n) is 1.48. The predicted octanol–water partition coefficient (Wildman–Crippen LogP) is -0.0292. The minimum atomic E-state index is -0.705. The number of nitrogens with zero attached hydrogens (tertiary/aromatic N) is 2. The van der Waals surface area contributed by atoms with E-state index in [9.17, 15) is 9.59 Å². The lowest BCUT2D eigenvalue weighted by atomic mass is 10.2. The van der Waals surface area contributed by atoms with Gasteiger partial charge in [-0.3, -0.25) is 20.2 Å². The number of amides is 2. The molecule has 0 aromatic carbocycles. The van der Waals surface area contributed by atoms with E-state index in [-0.39, 0.29) is 18.6 Å². The Kier molecular flexibility index (Phi) is 3.74. The van der Waals surface area contributed by atoms with Gasteiger partial charge in [0.25, 0.3) is 0 Å². The highest BCUT2D eigenvalue weighted by atomic mass is 16.5. The molecule has 0 bridgehead atoms. The third kappa shape index (κ3) is 3.27. The summed E-state index contributed by atoms with van der Waals surface area (Å²) < 4.78 is 5.55. The van der Waals surface area contributed by atoms with Crippen LogP contribution < -0.4 is 15.4 Å². The molecule has 2 heterocycles. The normalized spacial score (nSPS) is 14.4. The number of hydrogen-bond acceptors (Lipinski definition) is 5. The molecule has 0 unspecified atom stereocenters. The number of aliphatic imine (C=N–C) groups is 1. The summed E-state index contributed by atoms with van der Waals surface area (Å²) in [5, 5.41) is 4.65. The van der Waals surface area contributed by atoms with Crippen molar-refractivity contribution in [3.05, 3.63) is 23.9 Å². The molecule has 7 heteroatoms. The molecule has 0 aliphatic carbocycles. The van der Waals surface area contributed by atoms with Gasteiger partial charge in [-0.1, -0.05) is 6.07 Å². The van der Waals surface area contributed by atoms with Gasteiger partial charge < -0.3 is 4.74 Å². The average molecular weight is 262 g/mol. The molecule has 1 fully saturated rings. The summed E-state index contributed by atoms with van der Waals surface area (Å²) >= 11 is 0. The van der Waals surface area contributed by atoms with Gasteiger partial charge in [-0.2, -0.15) is 0 Å². The van der Waals surface area contributed by atoms with Crippen LogP contribution in [-0.4, -0.2) is 28.9 Å². The zero-order chi connectivity index (χ0) is 13.8. The average Bonchev–Trinajstić information content (AvgIpc) is 2.67. The minimum Gasteiger partial charge on any atom is -0.475 e. The first-order valence-corrected chi connectivity index (χ1v) is 5.83. The highest BCUT2D eigenvalue weighted by Gasteiger charge is 2.24. The Hall–Kier alpha value is -2.44. The fourth-order valence-corrected chi connectivity index (χ4v) is 1.48. The molecule has 0 radical (unpaired) electrons. The van der Waals surface area contributed by atoms with E-state index in [1.807, 2.05) is 19.9 Å². The van der Waals surface area contributed by atoms with Crippen molar-refractivity contribution >= 4 is 17.8 Å². The molecule has 2 rings (SSSR count). The van der Waals surface area contributed by atoms with Gasteiger partial charge in [-0.25, -0.2) is 9.98 Å². The molecular weight excluding hydrogens is 248 g/mol. The number of carbonyl (C=O) groups excluding carboxylic acids is 2. The van der Waals surface area contributed by atoms with E-state index in [2.05, 4.69) is 20.6 Å². The van der Waals surface area contributed by atoms with E-state index in [1.165, 1.54) is 0 Å². The van der Waals surface area contributed by atoms with Crippen molar-refractivity contribution in [1.82, 2.24) is 15.6 Å². The molecule has 1 aromatic rings. The zero-order valence-electron chi connectivity index (χ0n) is 10.6. The summed E-state index contributed by atoms with van der Waals surface area (Å²) in [6.07, 6.45) is 1.64. The van der Waals surface area contributed by atoms with E-state index in [4.69, 9.17) is 4.74 Å². The van der Waals surface area contributed by atoms with E-state index in [0.29, 0.717) is 5.88 Å². The standard InChI is InChI=1S/C12H14N4O3/c1-7(2)19-11-8(4-3-5-13-11)6-14-12-15-9(17)10(18)16-12/h3-5,7H,6H2,1-2H3,(H2,14,15,16,17,18). The Morgan fingerprint density at radius 1 is 1.32 bits per heavy atom. The molecule has 2 N–H and O–H groups in total. The summed E-state index contributed by atoms with van der Waals surface area (Å²) in [5.74, 6) is -0.765. The number of hydrogen-bond donors (Lipinski definition) is 2. The van der Waals surface area contributed by atoms with Crippen LogP contribution >= 0.6 is 0 Å². The molecule has 1 aliphatic rings. The van der Waals surface area contributed by atoms with Crippen LogP contribution in [0.4, 0.5) is 0 Å².